The number of nitrogens with one attached hydrogen (secondary N) is 1. The fraction of sp³-hybridized carbons (Fsp3) is 0.574. The summed E-state index contributed by atoms with van der Waals surface area (Å²) in [6.45, 7) is 16.3. The Balaban J connectivity index is 0.000000243. The van der Waals surface area contributed by atoms with E-state index in [0.717, 1.165) is 63.4 Å². The maximum Gasteiger partial charge on any atom is 0.314 e. The van der Waals surface area contributed by atoms with Crippen molar-refractivity contribution < 1.29 is 19.2 Å². The van der Waals surface area contributed by atoms with Crippen molar-refractivity contribution in [1.29, 1.82) is 0 Å². The first-order valence-electron chi connectivity index (χ1n) is 22.2. The fourth-order valence-electron chi connectivity index (χ4n) is 9.74. The minimum Gasteiger partial charge on any atom is -0.351 e. The van der Waals surface area contributed by atoms with E-state index >= 15 is 0 Å². The molecule has 13 heteroatoms. The Kier molecular flexibility index (Phi) is 15.7. The zero-order valence-corrected chi connectivity index (χ0v) is 36.9. The molecule has 0 radical (unpaired) electrons. The van der Waals surface area contributed by atoms with Gasteiger partial charge in [0.15, 0.2) is 0 Å². The van der Waals surface area contributed by atoms with Crippen LogP contribution in [0.25, 0.3) is 10.8 Å². The Morgan fingerprint density at radius 2 is 1.20 bits per heavy atom. The third-order valence-electron chi connectivity index (χ3n) is 13.4. The number of amides is 6. The molecular weight excluding hydrogens is 776 g/mol. The van der Waals surface area contributed by atoms with Crippen LogP contribution in [0.4, 0.5) is 9.59 Å². The van der Waals surface area contributed by atoms with E-state index in [0.29, 0.717) is 75.3 Å². The van der Waals surface area contributed by atoms with E-state index in [9.17, 15) is 19.2 Å². The van der Waals surface area contributed by atoms with Crippen LogP contribution < -0.4 is 16.8 Å². The number of nitrogens with zero attached hydrogens (tertiary/aromatic N) is 5. The minimum absolute atomic E-state index is 0.0602. The highest BCUT2D eigenvalue weighted by Crippen LogP contribution is 2.37. The van der Waals surface area contributed by atoms with Gasteiger partial charge in [0.1, 0.15) is 0 Å². The highest BCUT2D eigenvalue weighted by atomic mass is 35.5. The number of hydrogen-bond acceptors (Lipinski definition) is 6. The smallest absolute Gasteiger partial charge is 0.314 e. The first kappa shape index (κ1) is 45.1. The van der Waals surface area contributed by atoms with Crippen molar-refractivity contribution in [3.05, 3.63) is 82.9 Å². The molecule has 0 saturated carbocycles. The highest BCUT2D eigenvalue weighted by Gasteiger charge is 2.38. The standard InChI is InChI=1S/C32H39ClN4O2.C15H28N4O2/c1-22(2)29-21-36(18-19-37(29)30(38)20-23-14-16-35(17-15-23)32(34)39)31(25-10-12-26(33)13-11-25)28-9-5-7-24-6-3-4-8-27(24)28;1-11(2)13-10-17-5-8-19(13)14(20)9-12-3-6-18(7-4-12)15(16)21/h3-13,22-23,29,31H,14-21H2,1-2H3,(H2,34,39);11-13,17H,3-10H2,1-2H3,(H2,16,21)/t29-,31?;13-/m11/s1. The van der Waals surface area contributed by atoms with Crippen LogP contribution in [0.5, 0.6) is 0 Å². The van der Waals surface area contributed by atoms with Gasteiger partial charge in [-0.05, 0) is 83.4 Å². The van der Waals surface area contributed by atoms with Crippen molar-refractivity contribution >= 4 is 46.2 Å². The molecule has 4 aliphatic heterocycles. The number of benzene rings is 3. The largest absolute Gasteiger partial charge is 0.351 e. The van der Waals surface area contributed by atoms with Crippen LogP contribution in [0.1, 0.15) is 83.4 Å². The van der Waals surface area contributed by atoms with Gasteiger partial charge in [-0.25, -0.2) is 9.59 Å². The molecule has 60 heavy (non-hydrogen) atoms. The first-order chi connectivity index (χ1) is 28.8. The number of urea groups is 2. The van der Waals surface area contributed by atoms with E-state index in [1.54, 1.807) is 9.80 Å². The number of primary amides is 2. The summed E-state index contributed by atoms with van der Waals surface area (Å²) in [7, 11) is 0. The van der Waals surface area contributed by atoms with Crippen LogP contribution in [0.3, 0.4) is 0 Å². The molecule has 326 valence electrons. The lowest BCUT2D eigenvalue weighted by Crippen LogP contribution is -2.58. The Bertz CT molecular complexity index is 1910. The third kappa shape index (κ3) is 11.3. The Hall–Kier alpha value is -4.39. The van der Waals surface area contributed by atoms with Gasteiger partial charge in [0.05, 0.1) is 6.04 Å². The van der Waals surface area contributed by atoms with E-state index in [1.807, 2.05) is 12.1 Å². The van der Waals surface area contributed by atoms with Crippen LogP contribution in [-0.2, 0) is 9.59 Å². The van der Waals surface area contributed by atoms with Gasteiger partial charge in [-0.15, -0.1) is 0 Å². The SMILES string of the molecule is CC(C)[C@H]1CN(C(c2ccc(Cl)cc2)c2cccc3ccccc23)CCN1C(=O)CC1CCN(C(N)=O)CC1.CC(C)[C@H]1CNCCN1C(=O)CC1CCN(C(N)=O)CC1. The van der Waals surface area contributed by atoms with Crippen LogP contribution in [0.15, 0.2) is 66.7 Å². The number of piperazine rings is 2. The van der Waals surface area contributed by atoms with Crippen molar-refractivity contribution in [2.24, 2.45) is 35.1 Å². The Morgan fingerprint density at radius 3 is 1.75 bits per heavy atom. The average molecular weight is 844 g/mol. The summed E-state index contributed by atoms with van der Waals surface area (Å²) in [6, 6.07) is 23.1. The molecule has 4 aliphatic rings. The maximum atomic E-state index is 13.6. The number of halogens is 1. The van der Waals surface area contributed by atoms with E-state index < -0.39 is 0 Å². The molecule has 7 rings (SSSR count). The Morgan fingerprint density at radius 1 is 0.667 bits per heavy atom. The zero-order chi connectivity index (χ0) is 42.9. The Labute approximate surface area is 361 Å². The second-order valence-electron chi connectivity index (χ2n) is 18.0. The number of carbonyl (C=O) groups is 4. The van der Waals surface area contributed by atoms with Crippen molar-refractivity contribution in [3.8, 4) is 0 Å². The predicted octanol–water partition coefficient (Wildman–Crippen LogP) is 6.56. The van der Waals surface area contributed by atoms with E-state index in [2.05, 4.69) is 102 Å². The number of rotatable bonds is 9. The maximum absolute atomic E-state index is 13.6. The lowest BCUT2D eigenvalue weighted by molar-refractivity contribution is -0.139. The third-order valence-corrected chi connectivity index (χ3v) is 13.6. The van der Waals surface area contributed by atoms with Crippen molar-refractivity contribution in [2.75, 3.05) is 65.4 Å². The van der Waals surface area contributed by atoms with Crippen LogP contribution >= 0.6 is 11.6 Å². The molecule has 4 fully saturated rings. The van der Waals surface area contributed by atoms with Crippen LogP contribution in [-0.4, -0.2) is 126 Å². The quantitative estimate of drug-likeness (QED) is 0.223. The normalized spacial score (nSPS) is 21.5. The molecule has 5 N–H and O–H groups in total. The molecule has 0 aliphatic carbocycles. The lowest BCUT2D eigenvalue weighted by Gasteiger charge is -2.47. The summed E-state index contributed by atoms with van der Waals surface area (Å²) in [6.07, 6.45) is 4.58. The number of likely N-dealkylation sites (tertiary alicyclic amines) is 2. The summed E-state index contributed by atoms with van der Waals surface area (Å²) < 4.78 is 0. The predicted molar refractivity (Wildman–Crippen MR) is 239 cm³/mol. The second kappa shape index (κ2) is 20.9. The zero-order valence-electron chi connectivity index (χ0n) is 36.1. The van der Waals surface area contributed by atoms with Crippen molar-refractivity contribution in [1.82, 2.24) is 29.8 Å². The number of nitrogens with two attached hydrogens (primary N) is 2. The number of hydrogen-bond donors (Lipinski definition) is 3. The molecule has 3 aromatic rings. The summed E-state index contributed by atoms with van der Waals surface area (Å²) in [5.74, 6) is 1.99. The molecule has 4 saturated heterocycles. The molecule has 3 atom stereocenters. The first-order valence-corrected chi connectivity index (χ1v) is 22.5. The van der Waals surface area contributed by atoms with Crippen LogP contribution in [0.2, 0.25) is 5.02 Å². The van der Waals surface area contributed by atoms with Gasteiger partial charge in [-0.1, -0.05) is 93.9 Å². The topological polar surface area (TPSA) is 149 Å². The average Bonchev–Trinajstić information content (AvgIpc) is 3.25. The molecule has 0 aromatic heterocycles. The molecule has 6 amide bonds. The summed E-state index contributed by atoms with van der Waals surface area (Å²) in [5.41, 5.74) is 13.2. The van der Waals surface area contributed by atoms with Gasteiger partial charge in [0, 0.05) is 95.4 Å². The molecule has 12 nitrogen and oxygen atoms in total. The number of piperidine rings is 2. The minimum atomic E-state index is -0.364. The molecule has 3 aromatic carbocycles. The fourth-order valence-corrected chi connectivity index (χ4v) is 9.87. The summed E-state index contributed by atoms with van der Waals surface area (Å²) in [5, 5.41) is 6.58. The van der Waals surface area contributed by atoms with Gasteiger partial charge < -0.3 is 36.4 Å². The van der Waals surface area contributed by atoms with Gasteiger partial charge in [-0.2, -0.15) is 0 Å². The number of fused-ring (bicyclic) bond motifs is 1. The molecule has 0 bridgehead atoms. The molecule has 0 spiro atoms. The van der Waals surface area contributed by atoms with Gasteiger partial charge in [0.25, 0.3) is 0 Å². The summed E-state index contributed by atoms with van der Waals surface area (Å²) in [4.78, 5) is 58.9. The van der Waals surface area contributed by atoms with Crippen molar-refractivity contribution in [3.63, 3.8) is 0 Å². The van der Waals surface area contributed by atoms with Gasteiger partial charge in [-0.3, -0.25) is 14.5 Å². The van der Waals surface area contributed by atoms with Gasteiger partial charge in [0.2, 0.25) is 11.8 Å². The number of carbonyl (C=O) groups excluding carboxylic acids is 4. The van der Waals surface area contributed by atoms with E-state index in [-0.39, 0.29) is 36.0 Å². The van der Waals surface area contributed by atoms with Crippen molar-refractivity contribution in [2.45, 2.75) is 84.3 Å². The van der Waals surface area contributed by atoms with E-state index in [4.69, 9.17) is 23.1 Å². The van der Waals surface area contributed by atoms with E-state index in [1.165, 1.54) is 21.9 Å². The lowest BCUT2D eigenvalue weighted by atomic mass is 9.89. The molecule has 1 unspecified atom stereocenters. The second-order valence-corrected chi connectivity index (χ2v) is 18.4. The molecule has 4 heterocycles. The highest BCUT2D eigenvalue weighted by molar-refractivity contribution is 6.30. The van der Waals surface area contributed by atoms with Gasteiger partial charge >= 0.3 is 12.1 Å². The van der Waals surface area contributed by atoms with Crippen LogP contribution in [0, 0.1) is 23.7 Å². The summed E-state index contributed by atoms with van der Waals surface area (Å²) >= 11 is 6.28. The monoisotopic (exact) mass is 842 g/mol. The molecular formula is C47H67ClN8O4.